The fourth-order valence-corrected chi connectivity index (χ4v) is 4.24. The van der Waals surface area contributed by atoms with Gasteiger partial charge in [-0.3, -0.25) is 4.99 Å². The van der Waals surface area contributed by atoms with E-state index in [1.807, 2.05) is 18.3 Å². The quantitative estimate of drug-likeness (QED) is 0.529. The molecular formula is C24H33FN6. The number of nitrogens with zero attached hydrogens (tertiary/aromatic N) is 4. The summed E-state index contributed by atoms with van der Waals surface area (Å²) in [6.07, 6.45) is 3.93. The zero-order valence-electron chi connectivity index (χ0n) is 18.6. The predicted molar refractivity (Wildman–Crippen MR) is 124 cm³/mol. The van der Waals surface area contributed by atoms with Crippen LogP contribution in [0.25, 0.3) is 0 Å². The van der Waals surface area contributed by atoms with E-state index in [4.69, 9.17) is 0 Å². The number of aromatic nitrogens is 1. The predicted octanol–water partition coefficient (Wildman–Crippen LogP) is 2.76. The van der Waals surface area contributed by atoms with Gasteiger partial charge in [0.2, 0.25) is 0 Å². The van der Waals surface area contributed by atoms with E-state index in [1.165, 1.54) is 0 Å². The summed E-state index contributed by atoms with van der Waals surface area (Å²) in [5.74, 6) is 1.65. The minimum Gasteiger partial charge on any atom is -0.356 e. The number of rotatable bonds is 7. The first kappa shape index (κ1) is 21.6. The van der Waals surface area contributed by atoms with Crippen molar-refractivity contribution in [2.45, 2.75) is 31.7 Å². The normalized spacial score (nSPS) is 18.7. The fourth-order valence-electron chi connectivity index (χ4n) is 4.24. The van der Waals surface area contributed by atoms with Crippen molar-refractivity contribution in [1.29, 1.82) is 0 Å². The van der Waals surface area contributed by atoms with Crippen LogP contribution in [0.15, 0.2) is 47.6 Å². The summed E-state index contributed by atoms with van der Waals surface area (Å²) < 4.78 is 14.2. The van der Waals surface area contributed by atoms with Crippen LogP contribution in [0.4, 0.5) is 10.2 Å². The maximum atomic E-state index is 14.2. The lowest BCUT2D eigenvalue weighted by molar-refractivity contribution is 0.270. The van der Waals surface area contributed by atoms with E-state index >= 15 is 0 Å². The molecule has 4 rings (SSSR count). The van der Waals surface area contributed by atoms with Crippen molar-refractivity contribution in [3.8, 4) is 0 Å². The van der Waals surface area contributed by atoms with Crippen LogP contribution in [0.3, 0.4) is 0 Å². The highest BCUT2D eigenvalue weighted by Gasteiger charge is 2.45. The van der Waals surface area contributed by atoms with Crippen LogP contribution in [-0.4, -0.2) is 62.2 Å². The van der Waals surface area contributed by atoms with E-state index < -0.39 is 0 Å². The molecule has 1 saturated carbocycles. The SMILES string of the molecule is CCN1CCN(c2ccc(CNC(=NC)NCC3(c4ccccc4F)CC3)cn2)CC1. The number of nitrogens with one attached hydrogen (secondary N) is 2. The highest BCUT2D eigenvalue weighted by atomic mass is 19.1. The molecule has 2 N–H and O–H groups in total. The molecule has 0 atom stereocenters. The molecule has 6 nitrogen and oxygen atoms in total. The van der Waals surface area contributed by atoms with Crippen molar-refractivity contribution >= 4 is 11.8 Å². The molecule has 31 heavy (non-hydrogen) atoms. The van der Waals surface area contributed by atoms with E-state index in [2.05, 4.69) is 49.5 Å². The highest BCUT2D eigenvalue weighted by Crippen LogP contribution is 2.48. The Morgan fingerprint density at radius 3 is 2.48 bits per heavy atom. The first-order chi connectivity index (χ1) is 15.1. The highest BCUT2D eigenvalue weighted by molar-refractivity contribution is 5.79. The lowest BCUT2D eigenvalue weighted by Crippen LogP contribution is -2.46. The van der Waals surface area contributed by atoms with Crippen LogP contribution in [0, 0.1) is 5.82 Å². The van der Waals surface area contributed by atoms with Crippen LogP contribution in [0.1, 0.15) is 30.9 Å². The molecule has 1 saturated heterocycles. The Labute approximate surface area is 184 Å². The summed E-state index contributed by atoms with van der Waals surface area (Å²) in [7, 11) is 1.76. The lowest BCUT2D eigenvalue weighted by Gasteiger charge is -2.34. The van der Waals surface area contributed by atoms with Crippen LogP contribution in [-0.2, 0) is 12.0 Å². The molecule has 2 fully saturated rings. The number of guanidine groups is 1. The van der Waals surface area contributed by atoms with E-state index in [0.29, 0.717) is 13.1 Å². The summed E-state index contributed by atoms with van der Waals surface area (Å²) in [4.78, 5) is 13.8. The summed E-state index contributed by atoms with van der Waals surface area (Å²) in [6, 6.07) is 11.3. The minimum absolute atomic E-state index is 0.117. The number of piperazine rings is 1. The second-order valence-corrected chi connectivity index (χ2v) is 8.49. The molecule has 0 spiro atoms. The monoisotopic (exact) mass is 424 g/mol. The van der Waals surface area contributed by atoms with Crippen molar-refractivity contribution in [3.05, 3.63) is 59.5 Å². The van der Waals surface area contributed by atoms with Crippen molar-refractivity contribution in [2.24, 2.45) is 4.99 Å². The number of hydrogen-bond donors (Lipinski definition) is 2. The van der Waals surface area contributed by atoms with Crippen LogP contribution >= 0.6 is 0 Å². The van der Waals surface area contributed by atoms with Crippen LogP contribution < -0.4 is 15.5 Å². The Kier molecular flexibility index (Phi) is 6.70. The molecule has 2 aromatic rings. The molecule has 2 heterocycles. The summed E-state index contributed by atoms with van der Waals surface area (Å²) in [5.41, 5.74) is 1.79. The molecular weight excluding hydrogens is 391 g/mol. The standard InChI is InChI=1S/C24H33FN6/c1-3-30-12-14-31(15-13-30)22-9-8-19(16-27-22)17-28-23(26-2)29-18-24(10-11-24)20-6-4-5-7-21(20)25/h4-9,16H,3,10-15,17-18H2,1-2H3,(H2,26,28,29). The smallest absolute Gasteiger partial charge is 0.191 e. The summed E-state index contributed by atoms with van der Waals surface area (Å²) >= 11 is 0. The number of aliphatic imine (C=N–C) groups is 1. The summed E-state index contributed by atoms with van der Waals surface area (Å²) in [5, 5.41) is 6.73. The van der Waals surface area contributed by atoms with Gasteiger partial charge in [-0.25, -0.2) is 9.37 Å². The van der Waals surface area contributed by atoms with E-state index in [-0.39, 0.29) is 11.2 Å². The second-order valence-electron chi connectivity index (χ2n) is 8.49. The molecule has 1 aliphatic heterocycles. The molecule has 166 valence electrons. The maximum absolute atomic E-state index is 14.2. The van der Waals surface area contributed by atoms with Crippen molar-refractivity contribution in [3.63, 3.8) is 0 Å². The zero-order valence-corrected chi connectivity index (χ0v) is 18.6. The van der Waals surface area contributed by atoms with E-state index in [1.54, 1.807) is 19.2 Å². The maximum Gasteiger partial charge on any atom is 0.191 e. The van der Waals surface area contributed by atoms with Gasteiger partial charge in [0, 0.05) is 57.9 Å². The van der Waals surface area contributed by atoms with Gasteiger partial charge in [0.1, 0.15) is 11.6 Å². The lowest BCUT2D eigenvalue weighted by atomic mass is 9.95. The first-order valence-electron chi connectivity index (χ1n) is 11.3. The number of anilines is 1. The van der Waals surface area contributed by atoms with Gasteiger partial charge < -0.3 is 20.4 Å². The fraction of sp³-hybridized carbons (Fsp3) is 0.500. The second kappa shape index (κ2) is 9.64. The van der Waals surface area contributed by atoms with Gasteiger partial charge in [-0.1, -0.05) is 31.2 Å². The summed E-state index contributed by atoms with van der Waals surface area (Å²) in [6.45, 7) is 8.89. The molecule has 1 aromatic carbocycles. The molecule has 0 unspecified atom stereocenters. The number of halogens is 1. The molecule has 7 heteroatoms. The van der Waals surface area contributed by atoms with Gasteiger partial charge in [-0.05, 0) is 42.6 Å². The Balaban J connectivity index is 1.27. The molecule has 0 bridgehead atoms. The Morgan fingerprint density at radius 2 is 1.87 bits per heavy atom. The first-order valence-corrected chi connectivity index (χ1v) is 11.3. The van der Waals surface area contributed by atoms with E-state index in [0.717, 1.165) is 68.5 Å². The average Bonchev–Trinajstić information content (AvgIpc) is 3.61. The van der Waals surface area contributed by atoms with Crippen molar-refractivity contribution < 1.29 is 4.39 Å². The van der Waals surface area contributed by atoms with Crippen LogP contribution in [0.2, 0.25) is 0 Å². The third-order valence-electron chi connectivity index (χ3n) is 6.53. The number of pyridine rings is 1. The van der Waals surface area contributed by atoms with Crippen LogP contribution in [0.5, 0.6) is 0 Å². The Hall–Kier alpha value is -2.67. The van der Waals surface area contributed by atoms with Gasteiger partial charge in [-0.2, -0.15) is 0 Å². The molecule has 0 amide bonds. The number of benzene rings is 1. The third kappa shape index (κ3) is 5.15. The van der Waals surface area contributed by atoms with Gasteiger partial charge in [0.15, 0.2) is 5.96 Å². The van der Waals surface area contributed by atoms with E-state index in [9.17, 15) is 4.39 Å². The molecule has 1 aromatic heterocycles. The third-order valence-corrected chi connectivity index (χ3v) is 6.53. The molecule has 2 aliphatic rings. The topological polar surface area (TPSA) is 55.8 Å². The average molecular weight is 425 g/mol. The van der Waals surface area contributed by atoms with Gasteiger partial charge >= 0.3 is 0 Å². The van der Waals surface area contributed by atoms with Gasteiger partial charge in [0.25, 0.3) is 0 Å². The Morgan fingerprint density at radius 1 is 1.10 bits per heavy atom. The zero-order chi connectivity index (χ0) is 21.7. The minimum atomic E-state index is -0.119. The molecule has 1 aliphatic carbocycles. The van der Waals surface area contributed by atoms with Crippen molar-refractivity contribution in [1.82, 2.24) is 20.5 Å². The molecule has 0 radical (unpaired) electrons. The van der Waals surface area contributed by atoms with Crippen molar-refractivity contribution in [2.75, 3.05) is 51.2 Å². The van der Waals surface area contributed by atoms with Gasteiger partial charge in [-0.15, -0.1) is 0 Å². The number of likely N-dealkylation sites (N-methyl/N-ethyl adjacent to an activating group) is 1. The van der Waals surface area contributed by atoms with Gasteiger partial charge in [0.05, 0.1) is 0 Å². The Bertz CT molecular complexity index is 885. The number of hydrogen-bond acceptors (Lipinski definition) is 4. The largest absolute Gasteiger partial charge is 0.356 e.